The Balaban J connectivity index is 1.51. The summed E-state index contributed by atoms with van der Waals surface area (Å²) >= 11 is 0. The molecule has 232 valence electrons. The van der Waals surface area contributed by atoms with Crippen LogP contribution >= 0.6 is 0 Å². The summed E-state index contributed by atoms with van der Waals surface area (Å²) in [6, 6.07) is 14.9. The number of aromatic amines is 1. The molecule has 0 bridgehead atoms. The Labute approximate surface area is 255 Å². The highest BCUT2D eigenvalue weighted by Gasteiger charge is 2.45. The van der Waals surface area contributed by atoms with Crippen molar-refractivity contribution >= 4 is 30.0 Å². The van der Waals surface area contributed by atoms with Crippen LogP contribution in [0.2, 0.25) is 16.6 Å². The third-order valence-electron chi connectivity index (χ3n) is 7.99. The van der Waals surface area contributed by atoms with Crippen LogP contribution in [-0.4, -0.2) is 66.2 Å². The van der Waals surface area contributed by atoms with Gasteiger partial charge in [0.2, 0.25) is 14.2 Å². The lowest BCUT2D eigenvalue weighted by atomic mass is 10.1. The van der Waals surface area contributed by atoms with Crippen LogP contribution in [0.5, 0.6) is 11.5 Å². The van der Waals surface area contributed by atoms with Gasteiger partial charge >= 0.3 is 5.97 Å². The molecular formula is C32H42N2O7SSi. The van der Waals surface area contributed by atoms with Gasteiger partial charge in [-0.3, -0.25) is 0 Å². The molecule has 1 N–H and O–H groups in total. The Kier molecular flexibility index (Phi) is 9.88. The third-order valence-corrected chi connectivity index (χ3v) is 15.2. The second-order valence-corrected chi connectivity index (χ2v) is 19.4. The number of carbonyl (C=O) groups excluding carboxylic acids is 1. The first-order chi connectivity index (χ1) is 20.2. The number of methoxy groups -OCH3 is 1. The Morgan fingerprint density at radius 3 is 2.16 bits per heavy atom. The highest BCUT2D eigenvalue weighted by Crippen LogP contribution is 2.42. The maximum atomic E-state index is 12.5. The molecule has 1 aliphatic rings. The molecule has 4 rings (SSSR count). The van der Waals surface area contributed by atoms with Crippen molar-refractivity contribution < 1.29 is 31.8 Å². The lowest BCUT2D eigenvalue weighted by Gasteiger charge is -2.42. The summed E-state index contributed by atoms with van der Waals surface area (Å²) in [6.45, 7) is 14.6. The Bertz CT molecular complexity index is 1560. The van der Waals surface area contributed by atoms with Crippen molar-refractivity contribution in [3.8, 4) is 22.8 Å². The van der Waals surface area contributed by atoms with Crippen LogP contribution in [-0.2, 0) is 23.7 Å². The number of benzene rings is 2. The predicted molar refractivity (Wildman–Crippen MR) is 170 cm³/mol. The van der Waals surface area contributed by atoms with E-state index in [0.29, 0.717) is 58.3 Å². The molecule has 3 aromatic rings. The number of aromatic nitrogens is 1. The number of carbonyl (C=O) groups is 1. The average molecular weight is 627 g/mol. The van der Waals surface area contributed by atoms with E-state index < -0.39 is 24.1 Å². The minimum absolute atomic E-state index is 0.151. The van der Waals surface area contributed by atoms with Gasteiger partial charge in [0.15, 0.2) is 9.84 Å². The molecule has 0 spiro atoms. The van der Waals surface area contributed by atoms with E-state index in [1.54, 1.807) is 30.3 Å². The summed E-state index contributed by atoms with van der Waals surface area (Å²) in [5.41, 5.74) is 3.91. The number of hydrogen-bond donors (Lipinski definition) is 1. The number of nitrogens with zero attached hydrogens (tertiary/aromatic N) is 1. The number of H-pyrrole nitrogens is 1. The van der Waals surface area contributed by atoms with Crippen LogP contribution in [0, 0.1) is 0 Å². The largest absolute Gasteiger partial charge is 0.469 e. The molecular weight excluding hydrogens is 585 g/mol. The van der Waals surface area contributed by atoms with Crippen LogP contribution in [0.25, 0.3) is 11.3 Å². The minimum atomic E-state index is -3.33. The second-order valence-electron chi connectivity index (χ2n) is 11.9. The van der Waals surface area contributed by atoms with Crippen molar-refractivity contribution in [2.45, 2.75) is 69.2 Å². The van der Waals surface area contributed by atoms with E-state index in [4.69, 9.17) is 18.6 Å². The Morgan fingerprint density at radius 1 is 0.953 bits per heavy atom. The number of rotatable bonds is 12. The fraction of sp³-hybridized carbons (Fsp3) is 0.438. The summed E-state index contributed by atoms with van der Waals surface area (Å²) in [7, 11) is -4.03. The zero-order valence-corrected chi connectivity index (χ0v) is 27.9. The molecule has 0 unspecified atom stereocenters. The van der Waals surface area contributed by atoms with Gasteiger partial charge in [0.1, 0.15) is 23.3 Å². The SMILES string of the molecule is COC(=O)c1cc(Oc2ccc(S(C)(=O)=O)cc2)cc(-c2ccc(C3=NC[C@H](CO[Si](C(C)C)(C(C)C)C(C)C)O3)[nH]2)c1. The molecule has 0 amide bonds. The van der Waals surface area contributed by atoms with Crippen molar-refractivity contribution in [1.82, 2.24) is 4.98 Å². The van der Waals surface area contributed by atoms with E-state index in [-0.39, 0.29) is 11.0 Å². The van der Waals surface area contributed by atoms with Crippen molar-refractivity contribution in [2.24, 2.45) is 4.99 Å². The number of sulfone groups is 1. The van der Waals surface area contributed by atoms with Crippen LogP contribution in [0.15, 0.2) is 64.5 Å². The normalized spacial score (nSPS) is 15.6. The van der Waals surface area contributed by atoms with Gasteiger partial charge in [0.05, 0.1) is 30.7 Å². The molecule has 0 aliphatic carbocycles. The van der Waals surface area contributed by atoms with Crippen molar-refractivity contribution in [2.75, 3.05) is 26.5 Å². The minimum Gasteiger partial charge on any atom is -0.469 e. The zero-order valence-electron chi connectivity index (χ0n) is 26.1. The Morgan fingerprint density at radius 2 is 1.58 bits per heavy atom. The molecule has 0 saturated carbocycles. The highest BCUT2D eigenvalue weighted by molar-refractivity contribution is 7.90. The summed E-state index contributed by atoms with van der Waals surface area (Å²) in [5.74, 6) is 0.827. The van der Waals surface area contributed by atoms with Gasteiger partial charge < -0.3 is 23.6 Å². The molecule has 2 aromatic carbocycles. The molecule has 11 heteroatoms. The van der Waals surface area contributed by atoms with E-state index in [2.05, 4.69) is 51.5 Å². The lowest BCUT2D eigenvalue weighted by molar-refractivity contribution is 0.0600. The van der Waals surface area contributed by atoms with Gasteiger partial charge in [-0.05, 0) is 71.2 Å². The van der Waals surface area contributed by atoms with Gasteiger partial charge in [0.25, 0.3) is 0 Å². The number of aliphatic imine (C=N–C) groups is 1. The number of nitrogens with one attached hydrogen (secondary N) is 1. The van der Waals surface area contributed by atoms with Gasteiger partial charge in [-0.25, -0.2) is 18.2 Å². The van der Waals surface area contributed by atoms with Gasteiger partial charge in [-0.2, -0.15) is 0 Å². The van der Waals surface area contributed by atoms with Crippen LogP contribution in [0.1, 0.15) is 57.6 Å². The van der Waals surface area contributed by atoms with Crippen LogP contribution in [0.4, 0.5) is 0 Å². The van der Waals surface area contributed by atoms with E-state index in [0.717, 1.165) is 17.6 Å². The molecule has 2 heterocycles. The molecule has 1 aromatic heterocycles. The summed E-state index contributed by atoms with van der Waals surface area (Å²) < 4.78 is 47.5. The number of hydrogen-bond acceptors (Lipinski definition) is 8. The molecule has 43 heavy (non-hydrogen) atoms. The smallest absolute Gasteiger partial charge is 0.338 e. The first-order valence-corrected chi connectivity index (χ1v) is 18.5. The molecule has 1 atom stereocenters. The topological polar surface area (TPSA) is 116 Å². The summed E-state index contributed by atoms with van der Waals surface area (Å²) in [4.78, 5) is 20.7. The second kappa shape index (κ2) is 13.1. The first-order valence-electron chi connectivity index (χ1n) is 14.5. The van der Waals surface area contributed by atoms with Gasteiger partial charge in [-0.15, -0.1) is 0 Å². The molecule has 1 aliphatic heterocycles. The third kappa shape index (κ3) is 7.22. The van der Waals surface area contributed by atoms with Crippen LogP contribution < -0.4 is 4.74 Å². The van der Waals surface area contributed by atoms with E-state index in [9.17, 15) is 13.2 Å². The van der Waals surface area contributed by atoms with Crippen molar-refractivity contribution in [1.29, 1.82) is 0 Å². The van der Waals surface area contributed by atoms with E-state index in [1.165, 1.54) is 19.2 Å². The lowest BCUT2D eigenvalue weighted by Crippen LogP contribution is -2.49. The maximum Gasteiger partial charge on any atom is 0.338 e. The average Bonchev–Trinajstić information content (AvgIpc) is 3.62. The molecule has 9 nitrogen and oxygen atoms in total. The predicted octanol–water partition coefficient (Wildman–Crippen LogP) is 7.00. The molecule has 0 fully saturated rings. The highest BCUT2D eigenvalue weighted by atomic mass is 32.2. The zero-order chi connectivity index (χ0) is 31.5. The number of ether oxygens (including phenoxy) is 3. The standard InChI is InChI=1S/C32H42N2O7SSi/c1-20(2)43(21(3)4,22(5)6)39-19-27-18-33-31(41-27)30-14-13-29(34-30)23-15-24(32(35)38-7)17-26(16-23)40-25-9-11-28(12-10-25)42(8,36)37/h9-17,20-22,27,34H,18-19H2,1-8H3/t27-/m1/s1. The van der Waals surface area contributed by atoms with Gasteiger partial charge in [0, 0.05) is 17.5 Å². The molecule has 0 saturated heterocycles. The summed E-state index contributed by atoms with van der Waals surface area (Å²) in [6.07, 6.45) is 0.996. The van der Waals surface area contributed by atoms with Crippen LogP contribution in [0.3, 0.4) is 0 Å². The van der Waals surface area contributed by atoms with E-state index in [1.807, 2.05) is 12.1 Å². The van der Waals surface area contributed by atoms with Gasteiger partial charge in [-0.1, -0.05) is 41.5 Å². The fourth-order valence-electron chi connectivity index (χ4n) is 6.02. The number of esters is 1. The monoisotopic (exact) mass is 626 g/mol. The first kappa shape index (κ1) is 32.5. The van der Waals surface area contributed by atoms with Crippen molar-refractivity contribution in [3.63, 3.8) is 0 Å². The quantitative estimate of drug-likeness (QED) is 0.170. The maximum absolute atomic E-state index is 12.5. The summed E-state index contributed by atoms with van der Waals surface area (Å²) in [5, 5.41) is 0. The fourth-order valence-corrected chi connectivity index (χ4v) is 12.1. The van der Waals surface area contributed by atoms with Crippen molar-refractivity contribution in [3.05, 3.63) is 65.9 Å². The molecule has 0 radical (unpaired) electrons. The van der Waals surface area contributed by atoms with E-state index >= 15 is 0 Å². The Hall–Kier alpha value is -3.41.